The van der Waals surface area contributed by atoms with Crippen molar-refractivity contribution in [3.63, 3.8) is 0 Å². The van der Waals surface area contributed by atoms with E-state index in [0.29, 0.717) is 17.0 Å². The van der Waals surface area contributed by atoms with E-state index in [-0.39, 0.29) is 5.91 Å². The number of aryl methyl sites for hydroxylation is 1. The van der Waals surface area contributed by atoms with Gasteiger partial charge in [0.05, 0.1) is 7.11 Å². The maximum absolute atomic E-state index is 12.4. The van der Waals surface area contributed by atoms with E-state index in [1.807, 2.05) is 36.6 Å². The first-order valence-corrected chi connectivity index (χ1v) is 12.0. The summed E-state index contributed by atoms with van der Waals surface area (Å²) in [5, 5.41) is 5.41. The zero-order chi connectivity index (χ0) is 21.8. The molecule has 0 bridgehead atoms. The first kappa shape index (κ1) is 24.1. The van der Waals surface area contributed by atoms with Gasteiger partial charge in [-0.25, -0.2) is 4.79 Å². The van der Waals surface area contributed by atoms with Gasteiger partial charge in [0.15, 0.2) is 0 Å². The average molecular weight is 430 g/mol. The summed E-state index contributed by atoms with van der Waals surface area (Å²) in [4.78, 5) is 24.8. The third-order valence-electron chi connectivity index (χ3n) is 5.30. The standard InChI is InChI=1S/C25H35NO3S/c1-4-5-6-7-8-9-10-11-12-13-22(27)26-24-23(25(28)29-3)21(18-30-24)20-16-14-19(2)15-17-20/h14-18H,4-13H2,1-3H3,(H,26,27). The van der Waals surface area contributed by atoms with Gasteiger partial charge in [-0.1, -0.05) is 88.1 Å². The topological polar surface area (TPSA) is 55.4 Å². The number of hydrogen-bond acceptors (Lipinski definition) is 4. The van der Waals surface area contributed by atoms with E-state index in [4.69, 9.17) is 4.74 Å². The number of anilines is 1. The van der Waals surface area contributed by atoms with Gasteiger partial charge in [0.1, 0.15) is 10.6 Å². The molecule has 1 aromatic heterocycles. The Morgan fingerprint density at radius 1 is 0.933 bits per heavy atom. The van der Waals surface area contributed by atoms with Gasteiger partial charge >= 0.3 is 5.97 Å². The molecule has 1 heterocycles. The normalized spacial score (nSPS) is 10.8. The smallest absolute Gasteiger partial charge is 0.341 e. The van der Waals surface area contributed by atoms with E-state index >= 15 is 0 Å². The molecule has 0 saturated carbocycles. The van der Waals surface area contributed by atoms with E-state index in [1.54, 1.807) is 0 Å². The summed E-state index contributed by atoms with van der Waals surface area (Å²) in [6.45, 7) is 4.26. The van der Waals surface area contributed by atoms with Crippen LogP contribution < -0.4 is 5.32 Å². The third kappa shape index (κ3) is 7.60. The second kappa shape index (κ2) is 13.2. The number of thiophene rings is 1. The van der Waals surface area contributed by atoms with Crippen LogP contribution in [0, 0.1) is 6.92 Å². The highest BCUT2D eigenvalue weighted by molar-refractivity contribution is 7.15. The molecule has 1 amide bonds. The van der Waals surface area contributed by atoms with Crippen LogP contribution >= 0.6 is 11.3 Å². The predicted octanol–water partition coefficient (Wildman–Crippen LogP) is 7.37. The molecule has 0 fully saturated rings. The van der Waals surface area contributed by atoms with Gasteiger partial charge in [-0.05, 0) is 18.9 Å². The molecule has 2 rings (SSSR count). The molecule has 0 unspecified atom stereocenters. The fraction of sp³-hybridized carbons (Fsp3) is 0.520. The number of carbonyl (C=O) groups excluding carboxylic acids is 2. The van der Waals surface area contributed by atoms with Gasteiger partial charge in [0.25, 0.3) is 0 Å². The lowest BCUT2D eigenvalue weighted by atomic mass is 10.0. The van der Waals surface area contributed by atoms with Crippen LogP contribution in [0.15, 0.2) is 29.6 Å². The summed E-state index contributed by atoms with van der Waals surface area (Å²) >= 11 is 1.37. The summed E-state index contributed by atoms with van der Waals surface area (Å²) in [6.07, 6.45) is 11.4. The highest BCUT2D eigenvalue weighted by Gasteiger charge is 2.22. The van der Waals surface area contributed by atoms with Gasteiger partial charge in [0.2, 0.25) is 5.91 Å². The van der Waals surface area contributed by atoms with Crippen LogP contribution in [0.2, 0.25) is 0 Å². The maximum Gasteiger partial charge on any atom is 0.341 e. The lowest BCUT2D eigenvalue weighted by molar-refractivity contribution is -0.116. The van der Waals surface area contributed by atoms with Crippen molar-refractivity contribution in [3.8, 4) is 11.1 Å². The van der Waals surface area contributed by atoms with Crippen molar-refractivity contribution in [1.29, 1.82) is 0 Å². The summed E-state index contributed by atoms with van der Waals surface area (Å²) in [5.74, 6) is -0.467. The van der Waals surface area contributed by atoms with Crippen molar-refractivity contribution < 1.29 is 14.3 Å². The number of benzene rings is 1. The fourth-order valence-electron chi connectivity index (χ4n) is 3.49. The molecule has 0 aliphatic carbocycles. The Hall–Kier alpha value is -2.14. The lowest BCUT2D eigenvalue weighted by Crippen LogP contribution is -2.13. The number of methoxy groups -OCH3 is 1. The molecule has 4 nitrogen and oxygen atoms in total. The molecule has 0 spiro atoms. The van der Waals surface area contributed by atoms with Gasteiger partial charge in [-0.2, -0.15) is 0 Å². The monoisotopic (exact) mass is 429 g/mol. The number of amides is 1. The maximum atomic E-state index is 12.4. The molecule has 0 aliphatic rings. The molecule has 30 heavy (non-hydrogen) atoms. The molecule has 1 N–H and O–H groups in total. The van der Waals surface area contributed by atoms with E-state index in [0.717, 1.165) is 29.5 Å². The van der Waals surface area contributed by atoms with Crippen molar-refractivity contribution in [1.82, 2.24) is 0 Å². The summed E-state index contributed by atoms with van der Waals surface area (Å²) in [5.41, 5.74) is 3.33. The van der Waals surface area contributed by atoms with Crippen molar-refractivity contribution in [3.05, 3.63) is 40.8 Å². The van der Waals surface area contributed by atoms with Crippen LogP contribution in [0.4, 0.5) is 5.00 Å². The van der Waals surface area contributed by atoms with Crippen molar-refractivity contribution in [2.45, 2.75) is 78.1 Å². The minimum Gasteiger partial charge on any atom is -0.465 e. The number of nitrogens with one attached hydrogen (secondary N) is 1. The van der Waals surface area contributed by atoms with E-state index < -0.39 is 5.97 Å². The van der Waals surface area contributed by atoms with Gasteiger partial charge in [-0.3, -0.25) is 4.79 Å². The molecule has 0 atom stereocenters. The van der Waals surface area contributed by atoms with Crippen molar-refractivity contribution in [2.24, 2.45) is 0 Å². The Morgan fingerprint density at radius 2 is 1.53 bits per heavy atom. The molecule has 164 valence electrons. The van der Waals surface area contributed by atoms with Gasteiger partial charge < -0.3 is 10.1 Å². The Bertz CT molecular complexity index is 795. The Morgan fingerprint density at radius 3 is 2.13 bits per heavy atom. The Labute approximate surface area is 185 Å². The van der Waals surface area contributed by atoms with Gasteiger partial charge in [0, 0.05) is 17.4 Å². The van der Waals surface area contributed by atoms with Crippen LogP contribution in [0.25, 0.3) is 11.1 Å². The molecular weight excluding hydrogens is 394 g/mol. The second-order valence-electron chi connectivity index (χ2n) is 7.84. The largest absolute Gasteiger partial charge is 0.465 e. The van der Waals surface area contributed by atoms with E-state index in [1.165, 1.54) is 63.4 Å². The molecule has 0 radical (unpaired) electrons. The van der Waals surface area contributed by atoms with Crippen LogP contribution in [0.3, 0.4) is 0 Å². The van der Waals surface area contributed by atoms with Crippen molar-refractivity contribution >= 4 is 28.2 Å². The number of carbonyl (C=O) groups is 2. The van der Waals surface area contributed by atoms with Crippen LogP contribution in [-0.2, 0) is 9.53 Å². The number of rotatable bonds is 13. The Kier molecular flexibility index (Phi) is 10.6. The highest BCUT2D eigenvalue weighted by atomic mass is 32.1. The number of ether oxygens (including phenoxy) is 1. The van der Waals surface area contributed by atoms with E-state index in [2.05, 4.69) is 12.2 Å². The van der Waals surface area contributed by atoms with Crippen LogP contribution in [-0.4, -0.2) is 19.0 Å². The summed E-state index contributed by atoms with van der Waals surface area (Å²) in [6, 6.07) is 7.99. The van der Waals surface area contributed by atoms with E-state index in [9.17, 15) is 9.59 Å². The minimum absolute atomic E-state index is 0.0413. The number of unbranched alkanes of at least 4 members (excludes halogenated alkanes) is 8. The van der Waals surface area contributed by atoms with Crippen LogP contribution in [0.5, 0.6) is 0 Å². The first-order valence-electron chi connectivity index (χ1n) is 11.1. The fourth-order valence-corrected chi connectivity index (χ4v) is 4.46. The zero-order valence-electron chi connectivity index (χ0n) is 18.6. The summed E-state index contributed by atoms with van der Waals surface area (Å²) < 4.78 is 4.98. The molecule has 0 saturated heterocycles. The third-order valence-corrected chi connectivity index (χ3v) is 6.20. The predicted molar refractivity (Wildman–Crippen MR) is 126 cm³/mol. The van der Waals surface area contributed by atoms with Gasteiger partial charge in [-0.15, -0.1) is 11.3 Å². The molecular formula is C25H35NO3S. The Balaban J connectivity index is 1.86. The average Bonchev–Trinajstić information content (AvgIpc) is 3.15. The number of hydrogen-bond donors (Lipinski definition) is 1. The minimum atomic E-state index is -0.426. The quantitative estimate of drug-likeness (QED) is 0.267. The number of esters is 1. The lowest BCUT2D eigenvalue weighted by Gasteiger charge is -2.08. The molecule has 2 aromatic rings. The molecule has 0 aliphatic heterocycles. The summed E-state index contributed by atoms with van der Waals surface area (Å²) in [7, 11) is 1.37. The van der Waals surface area contributed by atoms with Crippen LogP contribution in [0.1, 0.15) is 87.1 Å². The first-order chi connectivity index (χ1) is 14.6. The highest BCUT2D eigenvalue weighted by Crippen LogP contribution is 2.36. The molecule has 1 aromatic carbocycles. The molecule has 5 heteroatoms. The second-order valence-corrected chi connectivity index (χ2v) is 8.72. The SMILES string of the molecule is CCCCCCCCCCCC(=O)Nc1scc(-c2ccc(C)cc2)c1C(=O)OC. The van der Waals surface area contributed by atoms with Crippen molar-refractivity contribution in [2.75, 3.05) is 12.4 Å². The zero-order valence-corrected chi connectivity index (χ0v) is 19.4.